The van der Waals surface area contributed by atoms with E-state index in [1.54, 1.807) is 31.3 Å². The summed E-state index contributed by atoms with van der Waals surface area (Å²) in [7, 11) is 1.55. The first-order valence-electron chi connectivity index (χ1n) is 12.7. The number of benzene rings is 1. The van der Waals surface area contributed by atoms with Crippen LogP contribution in [-0.4, -0.2) is 51.9 Å². The average Bonchev–Trinajstić information content (AvgIpc) is 3.37. The van der Waals surface area contributed by atoms with Crippen molar-refractivity contribution in [1.29, 1.82) is 0 Å². The van der Waals surface area contributed by atoms with E-state index >= 15 is 0 Å². The van der Waals surface area contributed by atoms with E-state index in [1.807, 2.05) is 35.8 Å². The minimum atomic E-state index is -0.344. The van der Waals surface area contributed by atoms with Crippen LogP contribution in [0, 0.1) is 0 Å². The molecule has 0 saturated heterocycles. The molecule has 2 aromatic rings. The molecule has 9 heteroatoms. The van der Waals surface area contributed by atoms with Crippen LogP contribution in [0.25, 0.3) is 5.57 Å². The molecule has 1 aromatic heterocycles. The van der Waals surface area contributed by atoms with Crippen molar-refractivity contribution in [2.24, 2.45) is 0 Å². The summed E-state index contributed by atoms with van der Waals surface area (Å²) in [5.74, 6) is 1.03. The number of hydrogen-bond acceptors (Lipinski definition) is 6. The Balaban J connectivity index is 1.76. The van der Waals surface area contributed by atoms with Crippen molar-refractivity contribution in [3.05, 3.63) is 71.0 Å². The lowest BCUT2D eigenvalue weighted by atomic mass is 9.96. The summed E-state index contributed by atoms with van der Waals surface area (Å²) in [4.78, 5) is 27.0. The molecule has 198 valence electrons. The maximum Gasteiger partial charge on any atom is 0.410 e. The number of nitrogens with one attached hydrogen (secondary N) is 1. The van der Waals surface area contributed by atoms with E-state index < -0.39 is 0 Å². The molecule has 0 aliphatic carbocycles. The summed E-state index contributed by atoms with van der Waals surface area (Å²) in [6.07, 6.45) is 10.7. The maximum atomic E-state index is 13.2. The first-order chi connectivity index (χ1) is 17.8. The Morgan fingerprint density at radius 1 is 1.22 bits per heavy atom. The lowest BCUT2D eigenvalue weighted by molar-refractivity contribution is 0.0962. The van der Waals surface area contributed by atoms with Crippen molar-refractivity contribution in [3.63, 3.8) is 0 Å². The molecule has 1 aliphatic heterocycles. The van der Waals surface area contributed by atoms with Crippen LogP contribution in [0.15, 0.2) is 48.5 Å². The highest BCUT2D eigenvalue weighted by Crippen LogP contribution is 2.28. The molecule has 2 amide bonds. The number of nitrogens with zero attached hydrogens (tertiary/aromatic N) is 4. The normalized spacial score (nSPS) is 14.2. The number of rotatable bonds is 9. The van der Waals surface area contributed by atoms with Crippen molar-refractivity contribution in [1.82, 2.24) is 25.0 Å². The smallest absolute Gasteiger partial charge is 0.410 e. The van der Waals surface area contributed by atoms with Gasteiger partial charge in [-0.3, -0.25) is 4.79 Å². The number of methoxy groups -OCH3 is 1. The molecule has 0 bridgehead atoms. The molecule has 0 fully saturated rings. The molecule has 1 aliphatic rings. The zero-order valence-electron chi connectivity index (χ0n) is 22.6. The van der Waals surface area contributed by atoms with Gasteiger partial charge in [-0.05, 0) is 69.9 Å². The van der Waals surface area contributed by atoms with Gasteiger partial charge in [0.05, 0.1) is 19.3 Å². The van der Waals surface area contributed by atoms with Crippen LogP contribution in [0.4, 0.5) is 4.79 Å². The van der Waals surface area contributed by atoms with Gasteiger partial charge < -0.3 is 24.3 Å². The highest BCUT2D eigenvalue weighted by atomic mass is 16.6. The third-order valence-electron chi connectivity index (χ3n) is 6.05. The van der Waals surface area contributed by atoms with Gasteiger partial charge >= 0.3 is 6.09 Å². The predicted octanol–water partition coefficient (Wildman–Crippen LogP) is 5.07. The Kier molecular flexibility index (Phi) is 9.65. The largest absolute Gasteiger partial charge is 0.496 e. The Morgan fingerprint density at radius 3 is 2.68 bits per heavy atom. The first kappa shape index (κ1) is 27.7. The molecular weight excluding hydrogens is 470 g/mol. The third kappa shape index (κ3) is 6.87. The molecular formula is C28H37N5O4. The van der Waals surface area contributed by atoms with Crippen molar-refractivity contribution >= 4 is 17.6 Å². The fourth-order valence-corrected chi connectivity index (χ4v) is 4.17. The number of ether oxygens (including phenoxy) is 2. The molecule has 1 aromatic carbocycles. The number of fused-ring (bicyclic) bond motifs is 1. The van der Waals surface area contributed by atoms with E-state index in [0.717, 1.165) is 28.9 Å². The van der Waals surface area contributed by atoms with Gasteiger partial charge in [0.15, 0.2) is 5.82 Å². The maximum absolute atomic E-state index is 13.2. The molecule has 37 heavy (non-hydrogen) atoms. The lowest BCUT2D eigenvalue weighted by Gasteiger charge is -2.29. The van der Waals surface area contributed by atoms with Crippen molar-refractivity contribution in [2.75, 3.05) is 20.3 Å². The summed E-state index contributed by atoms with van der Waals surface area (Å²) in [6.45, 7) is 11.1. The molecule has 2 heterocycles. The topological polar surface area (TPSA) is 98.6 Å². The van der Waals surface area contributed by atoms with Gasteiger partial charge in [0.25, 0.3) is 5.91 Å². The van der Waals surface area contributed by atoms with E-state index in [0.29, 0.717) is 43.1 Å². The van der Waals surface area contributed by atoms with E-state index in [2.05, 4.69) is 42.4 Å². The predicted molar refractivity (Wildman–Crippen MR) is 143 cm³/mol. The summed E-state index contributed by atoms with van der Waals surface area (Å²) < 4.78 is 12.7. The van der Waals surface area contributed by atoms with Crippen LogP contribution < -0.4 is 10.1 Å². The van der Waals surface area contributed by atoms with E-state index in [1.165, 1.54) is 0 Å². The van der Waals surface area contributed by atoms with E-state index in [9.17, 15) is 9.59 Å². The average molecular weight is 508 g/mol. The highest BCUT2D eigenvalue weighted by molar-refractivity contribution is 5.98. The SMILES string of the molecule is CC/C=C(/C=C\C=C(/C)NC(=O)c1cc2c(cc1OC)CCN(C(=O)OCC)C2)c1nncn1C(C)C. The van der Waals surface area contributed by atoms with E-state index in [4.69, 9.17) is 9.47 Å². The Bertz CT molecular complexity index is 1210. The molecule has 0 radical (unpaired) electrons. The second kappa shape index (κ2) is 12.9. The highest BCUT2D eigenvalue weighted by Gasteiger charge is 2.25. The van der Waals surface area contributed by atoms with Crippen molar-refractivity contribution < 1.29 is 19.1 Å². The fourth-order valence-electron chi connectivity index (χ4n) is 4.17. The zero-order chi connectivity index (χ0) is 26.9. The minimum absolute atomic E-state index is 0.242. The number of allylic oxidation sites excluding steroid dienone is 6. The van der Waals surface area contributed by atoms with Gasteiger partial charge in [0.1, 0.15) is 12.1 Å². The number of hydrogen-bond donors (Lipinski definition) is 1. The zero-order valence-corrected chi connectivity index (χ0v) is 22.6. The minimum Gasteiger partial charge on any atom is -0.496 e. The van der Waals surface area contributed by atoms with Crippen LogP contribution in [0.3, 0.4) is 0 Å². The van der Waals surface area contributed by atoms with Crippen LogP contribution >= 0.6 is 0 Å². The molecule has 0 atom stereocenters. The van der Waals surface area contributed by atoms with Gasteiger partial charge in [0.2, 0.25) is 0 Å². The summed E-state index contributed by atoms with van der Waals surface area (Å²) in [5.41, 5.74) is 4.03. The standard InChI is InChI=1S/C28H37N5O4/c1-7-10-21(26-31-29-18-33(26)19(3)4)12-9-11-20(5)30-27(34)24-15-23-17-32(28(35)37-8-2)14-13-22(23)16-25(24)36-6/h9-12,15-16,18-19H,7-8,13-14,17H2,1-6H3,(H,30,34)/b12-9-,20-11+,21-10-. The number of aromatic nitrogens is 3. The summed E-state index contributed by atoms with van der Waals surface area (Å²) in [6, 6.07) is 3.93. The monoisotopic (exact) mass is 507 g/mol. The van der Waals surface area contributed by atoms with Gasteiger partial charge in [0, 0.05) is 30.4 Å². The molecule has 3 rings (SSSR count). The Morgan fingerprint density at radius 2 is 2.00 bits per heavy atom. The Labute approximate surface area is 218 Å². The van der Waals surface area contributed by atoms with Crippen molar-refractivity contribution in [3.8, 4) is 5.75 Å². The summed E-state index contributed by atoms with van der Waals surface area (Å²) in [5, 5.41) is 11.3. The number of amides is 2. The molecule has 0 unspecified atom stereocenters. The van der Waals surface area contributed by atoms with Gasteiger partial charge in [-0.25, -0.2) is 4.79 Å². The molecule has 0 spiro atoms. The quantitative estimate of drug-likeness (QED) is 0.476. The Hall–Kier alpha value is -3.88. The van der Waals surface area contributed by atoms with E-state index in [-0.39, 0.29) is 18.0 Å². The fraction of sp³-hybridized carbons (Fsp3) is 0.429. The van der Waals surface area contributed by atoms with Crippen LogP contribution in [0.5, 0.6) is 5.75 Å². The van der Waals surface area contributed by atoms with Crippen LogP contribution in [-0.2, 0) is 17.7 Å². The second-order valence-corrected chi connectivity index (χ2v) is 9.08. The number of carbonyl (C=O) groups is 2. The van der Waals surface area contributed by atoms with Crippen molar-refractivity contribution in [2.45, 2.75) is 60.0 Å². The van der Waals surface area contributed by atoms with Gasteiger partial charge in [-0.2, -0.15) is 0 Å². The van der Waals surface area contributed by atoms with Crippen LogP contribution in [0.1, 0.15) is 74.4 Å². The van der Waals surface area contributed by atoms with Gasteiger partial charge in [-0.1, -0.05) is 25.2 Å². The van der Waals surface area contributed by atoms with Gasteiger partial charge in [-0.15, -0.1) is 10.2 Å². The number of carbonyl (C=O) groups excluding carboxylic acids is 2. The first-order valence-corrected chi connectivity index (χ1v) is 12.7. The second-order valence-electron chi connectivity index (χ2n) is 9.08. The van der Waals surface area contributed by atoms with Crippen LogP contribution in [0.2, 0.25) is 0 Å². The summed E-state index contributed by atoms with van der Waals surface area (Å²) >= 11 is 0. The molecule has 1 N–H and O–H groups in total. The molecule has 9 nitrogen and oxygen atoms in total. The molecule has 0 saturated carbocycles. The lowest BCUT2D eigenvalue weighted by Crippen LogP contribution is -2.36. The third-order valence-corrected chi connectivity index (χ3v) is 6.05.